The Kier molecular flexibility index (Phi) is 7.15. The highest BCUT2D eigenvalue weighted by Crippen LogP contribution is 2.27. The Morgan fingerprint density at radius 3 is 2.50 bits per heavy atom. The lowest BCUT2D eigenvalue weighted by molar-refractivity contribution is -0.114. The summed E-state index contributed by atoms with van der Waals surface area (Å²) in [5.74, 6) is -0.244. The molecule has 1 aliphatic rings. The topological polar surface area (TPSA) is 78.5 Å². The molecule has 2 N–H and O–H groups in total. The molecule has 162 valence electrons. The number of anilines is 2. The molecule has 1 saturated carbocycles. The second-order valence-electron chi connectivity index (χ2n) is 8.13. The lowest BCUT2D eigenvalue weighted by Gasteiger charge is -2.31. The van der Waals surface area contributed by atoms with Crippen LogP contribution in [0.3, 0.4) is 0 Å². The molecule has 0 aromatic heterocycles. The lowest BCUT2D eigenvalue weighted by Crippen LogP contribution is -2.33. The van der Waals surface area contributed by atoms with Gasteiger partial charge in [0.05, 0.1) is 10.6 Å². The molecule has 0 atom stereocenters. The second-order valence-corrected chi connectivity index (χ2v) is 9.78. The first-order valence-corrected chi connectivity index (χ1v) is 11.9. The van der Waals surface area contributed by atoms with Gasteiger partial charge in [-0.2, -0.15) is 0 Å². The van der Waals surface area contributed by atoms with Crippen molar-refractivity contribution in [2.75, 3.05) is 17.1 Å². The largest absolute Gasteiger partial charge is 0.326 e. The monoisotopic (exact) mass is 429 g/mol. The summed E-state index contributed by atoms with van der Waals surface area (Å²) in [6, 6.07) is 13.0. The SMILES string of the molecule is CC(=O)Nc1ccc(C)c(S(=O)(=O)Nc2ccccc2CN(C)C2CCCCC2)c1. The molecule has 0 saturated heterocycles. The number of nitrogens with one attached hydrogen (secondary N) is 2. The van der Waals surface area contributed by atoms with Crippen molar-refractivity contribution in [1.82, 2.24) is 4.90 Å². The van der Waals surface area contributed by atoms with Crippen molar-refractivity contribution in [2.45, 2.75) is 63.4 Å². The highest BCUT2D eigenvalue weighted by molar-refractivity contribution is 7.92. The van der Waals surface area contributed by atoms with Gasteiger partial charge >= 0.3 is 0 Å². The van der Waals surface area contributed by atoms with Crippen molar-refractivity contribution >= 4 is 27.3 Å². The molecule has 30 heavy (non-hydrogen) atoms. The Hall–Kier alpha value is -2.38. The van der Waals surface area contributed by atoms with Gasteiger partial charge < -0.3 is 5.32 Å². The number of hydrogen-bond acceptors (Lipinski definition) is 4. The van der Waals surface area contributed by atoms with Crippen LogP contribution in [0.5, 0.6) is 0 Å². The Morgan fingerprint density at radius 1 is 1.10 bits per heavy atom. The zero-order valence-corrected chi connectivity index (χ0v) is 18.8. The number of nitrogens with zero attached hydrogens (tertiary/aromatic N) is 1. The minimum Gasteiger partial charge on any atom is -0.326 e. The van der Waals surface area contributed by atoms with Crippen LogP contribution in [0.1, 0.15) is 50.2 Å². The van der Waals surface area contributed by atoms with Crippen molar-refractivity contribution in [3.05, 3.63) is 53.6 Å². The summed E-state index contributed by atoms with van der Waals surface area (Å²) in [6.07, 6.45) is 6.21. The predicted molar refractivity (Wildman–Crippen MR) is 121 cm³/mol. The second kappa shape index (κ2) is 9.62. The van der Waals surface area contributed by atoms with Gasteiger partial charge in [-0.3, -0.25) is 14.4 Å². The molecule has 1 amide bonds. The van der Waals surface area contributed by atoms with E-state index >= 15 is 0 Å². The third-order valence-electron chi connectivity index (χ3n) is 5.68. The predicted octanol–water partition coefficient (Wildman–Crippen LogP) is 4.52. The molecular formula is C23H31N3O3S. The lowest BCUT2D eigenvalue weighted by atomic mass is 9.94. The van der Waals surface area contributed by atoms with E-state index in [0.29, 0.717) is 29.5 Å². The van der Waals surface area contributed by atoms with E-state index in [9.17, 15) is 13.2 Å². The van der Waals surface area contributed by atoms with E-state index in [-0.39, 0.29) is 10.8 Å². The fourth-order valence-corrected chi connectivity index (χ4v) is 5.42. The van der Waals surface area contributed by atoms with Gasteiger partial charge in [0.1, 0.15) is 0 Å². The summed E-state index contributed by atoms with van der Waals surface area (Å²) in [5, 5.41) is 2.64. The molecule has 0 spiro atoms. The molecule has 6 nitrogen and oxygen atoms in total. The molecule has 7 heteroatoms. The van der Waals surface area contributed by atoms with Gasteiger partial charge in [0, 0.05) is 25.2 Å². The number of aryl methyl sites for hydroxylation is 1. The third-order valence-corrected chi connectivity index (χ3v) is 7.19. The van der Waals surface area contributed by atoms with E-state index < -0.39 is 10.0 Å². The first kappa shape index (κ1) is 22.3. The van der Waals surface area contributed by atoms with Gasteiger partial charge in [-0.1, -0.05) is 43.5 Å². The van der Waals surface area contributed by atoms with Crippen LogP contribution in [0.2, 0.25) is 0 Å². The maximum atomic E-state index is 13.2. The molecule has 1 fully saturated rings. The van der Waals surface area contributed by atoms with Crippen LogP contribution in [0, 0.1) is 6.92 Å². The van der Waals surface area contributed by atoms with E-state index in [1.54, 1.807) is 25.1 Å². The maximum absolute atomic E-state index is 13.2. The minimum absolute atomic E-state index is 0.157. The average molecular weight is 430 g/mol. The highest BCUT2D eigenvalue weighted by Gasteiger charge is 2.22. The van der Waals surface area contributed by atoms with Crippen LogP contribution in [-0.2, 0) is 21.4 Å². The Balaban J connectivity index is 1.83. The van der Waals surface area contributed by atoms with Crippen LogP contribution in [0.25, 0.3) is 0 Å². The number of rotatable bonds is 7. The summed E-state index contributed by atoms with van der Waals surface area (Å²) in [6.45, 7) is 3.83. The molecule has 0 bridgehead atoms. The molecule has 0 radical (unpaired) electrons. The quantitative estimate of drug-likeness (QED) is 0.678. The molecule has 2 aromatic rings. The number of hydrogen-bond donors (Lipinski definition) is 2. The summed E-state index contributed by atoms with van der Waals surface area (Å²) < 4.78 is 29.1. The molecule has 2 aromatic carbocycles. The Morgan fingerprint density at radius 2 is 1.80 bits per heavy atom. The normalized spacial score (nSPS) is 15.2. The number of benzene rings is 2. The molecule has 0 heterocycles. The summed E-state index contributed by atoms with van der Waals surface area (Å²) in [4.78, 5) is 13.8. The van der Waals surface area contributed by atoms with E-state index in [1.807, 2.05) is 18.2 Å². The van der Waals surface area contributed by atoms with Crippen molar-refractivity contribution in [3.63, 3.8) is 0 Å². The van der Waals surface area contributed by atoms with Crippen LogP contribution in [0.15, 0.2) is 47.4 Å². The zero-order valence-electron chi connectivity index (χ0n) is 17.9. The molecular weight excluding hydrogens is 398 g/mol. The van der Waals surface area contributed by atoms with Crippen molar-refractivity contribution < 1.29 is 13.2 Å². The number of carbonyl (C=O) groups is 1. The molecule has 0 unspecified atom stereocenters. The van der Waals surface area contributed by atoms with Crippen molar-refractivity contribution in [3.8, 4) is 0 Å². The van der Waals surface area contributed by atoms with Gasteiger partial charge in [0.25, 0.3) is 10.0 Å². The van der Waals surface area contributed by atoms with Crippen molar-refractivity contribution in [2.24, 2.45) is 0 Å². The highest BCUT2D eigenvalue weighted by atomic mass is 32.2. The van der Waals surface area contributed by atoms with Crippen molar-refractivity contribution in [1.29, 1.82) is 0 Å². The van der Waals surface area contributed by atoms with Crippen LogP contribution >= 0.6 is 0 Å². The first-order valence-electron chi connectivity index (χ1n) is 10.5. The average Bonchev–Trinajstić information content (AvgIpc) is 2.71. The standard InChI is InChI=1S/C23H31N3O3S/c1-17-13-14-20(24-18(2)27)15-23(17)30(28,29)25-22-12-8-7-9-19(22)16-26(3)21-10-5-4-6-11-21/h7-9,12-15,21,25H,4-6,10-11,16H2,1-3H3,(H,24,27). The Bertz CT molecular complexity index is 999. The molecule has 3 rings (SSSR count). The number of sulfonamides is 1. The van der Waals surface area contributed by atoms with Gasteiger partial charge in [-0.25, -0.2) is 8.42 Å². The minimum atomic E-state index is -3.81. The van der Waals surface area contributed by atoms with Crippen LogP contribution < -0.4 is 10.0 Å². The maximum Gasteiger partial charge on any atom is 0.262 e. The fraction of sp³-hybridized carbons (Fsp3) is 0.435. The zero-order chi connectivity index (χ0) is 21.7. The van der Waals surface area contributed by atoms with Crippen LogP contribution in [0.4, 0.5) is 11.4 Å². The number of carbonyl (C=O) groups excluding carboxylic acids is 1. The van der Waals surface area contributed by atoms with Crippen LogP contribution in [-0.4, -0.2) is 32.3 Å². The third kappa shape index (κ3) is 5.61. The fourth-order valence-electron chi connectivity index (χ4n) is 4.05. The van der Waals surface area contributed by atoms with Gasteiger partial charge in [-0.05, 0) is 56.1 Å². The molecule has 1 aliphatic carbocycles. The summed E-state index contributed by atoms with van der Waals surface area (Å²) in [5.41, 5.74) is 2.61. The van der Waals surface area contributed by atoms with Gasteiger partial charge in [0.15, 0.2) is 0 Å². The smallest absolute Gasteiger partial charge is 0.262 e. The van der Waals surface area contributed by atoms with Gasteiger partial charge in [-0.15, -0.1) is 0 Å². The summed E-state index contributed by atoms with van der Waals surface area (Å²) in [7, 11) is -1.69. The molecule has 0 aliphatic heterocycles. The number of para-hydroxylation sites is 1. The van der Waals surface area contributed by atoms with E-state index in [4.69, 9.17) is 0 Å². The van der Waals surface area contributed by atoms with E-state index in [1.165, 1.54) is 45.1 Å². The number of amides is 1. The van der Waals surface area contributed by atoms with Gasteiger partial charge in [0.2, 0.25) is 5.91 Å². The summed E-state index contributed by atoms with van der Waals surface area (Å²) >= 11 is 0. The Labute approximate surface area is 179 Å². The van der Waals surface area contributed by atoms with E-state index in [2.05, 4.69) is 22.0 Å². The first-order chi connectivity index (χ1) is 14.3. The van der Waals surface area contributed by atoms with E-state index in [0.717, 1.165) is 5.56 Å².